The number of carbonyl (C=O) groups is 2. The lowest BCUT2D eigenvalue weighted by Crippen LogP contribution is -2.50. The van der Waals surface area contributed by atoms with Crippen LogP contribution in [0.4, 0.5) is 0 Å². The SMILES string of the molecule is Cc1c(C(=O)N2CCC(C)CC2C(=O)O)nnn1-c1cccc2ncccc12. The molecule has 1 amide bonds. The van der Waals surface area contributed by atoms with Crippen molar-refractivity contribution in [3.05, 3.63) is 47.9 Å². The molecule has 0 aliphatic carbocycles. The van der Waals surface area contributed by atoms with E-state index in [1.165, 1.54) is 4.90 Å². The van der Waals surface area contributed by atoms with E-state index >= 15 is 0 Å². The van der Waals surface area contributed by atoms with Gasteiger partial charge in [0.2, 0.25) is 0 Å². The van der Waals surface area contributed by atoms with Crippen molar-refractivity contribution < 1.29 is 14.7 Å². The number of pyridine rings is 1. The summed E-state index contributed by atoms with van der Waals surface area (Å²) in [5, 5.41) is 18.7. The monoisotopic (exact) mass is 379 g/mol. The van der Waals surface area contributed by atoms with Crippen molar-refractivity contribution in [2.75, 3.05) is 6.54 Å². The number of aromatic nitrogens is 4. The fourth-order valence-corrected chi connectivity index (χ4v) is 3.78. The van der Waals surface area contributed by atoms with Gasteiger partial charge in [0.15, 0.2) is 5.69 Å². The Kier molecular flexibility index (Phi) is 4.54. The first-order chi connectivity index (χ1) is 13.5. The summed E-state index contributed by atoms with van der Waals surface area (Å²) in [5.74, 6) is -1.10. The van der Waals surface area contributed by atoms with Crippen molar-refractivity contribution in [2.24, 2.45) is 5.92 Å². The maximum atomic E-state index is 13.1. The number of carboxylic acid groups (broad SMARTS) is 1. The number of rotatable bonds is 3. The standard InChI is InChI=1S/C20H21N5O3/c1-12-8-10-24(17(11-12)20(27)28)19(26)18-13(2)25(23-22-18)16-7-3-6-15-14(16)5-4-9-21-15/h3-7,9,12,17H,8,10-11H2,1-2H3,(H,27,28). The average molecular weight is 379 g/mol. The van der Waals surface area contributed by atoms with Crippen LogP contribution in [0.2, 0.25) is 0 Å². The molecule has 2 atom stereocenters. The van der Waals surface area contributed by atoms with Crippen LogP contribution in [-0.4, -0.2) is 54.4 Å². The fraction of sp³-hybridized carbons (Fsp3) is 0.350. The van der Waals surface area contributed by atoms with Crippen molar-refractivity contribution in [2.45, 2.75) is 32.7 Å². The molecule has 3 aromatic rings. The first-order valence-electron chi connectivity index (χ1n) is 9.27. The van der Waals surface area contributed by atoms with E-state index in [2.05, 4.69) is 15.3 Å². The molecule has 1 N–H and O–H groups in total. The number of fused-ring (bicyclic) bond motifs is 1. The zero-order valence-electron chi connectivity index (χ0n) is 15.7. The van der Waals surface area contributed by atoms with Gasteiger partial charge in [-0.3, -0.25) is 9.78 Å². The van der Waals surface area contributed by atoms with Crippen LogP contribution in [-0.2, 0) is 4.79 Å². The topological polar surface area (TPSA) is 101 Å². The molecule has 4 rings (SSSR count). The second kappa shape index (κ2) is 7.03. The van der Waals surface area contributed by atoms with E-state index in [4.69, 9.17) is 0 Å². The summed E-state index contributed by atoms with van der Waals surface area (Å²) in [6, 6.07) is 8.62. The maximum absolute atomic E-state index is 13.1. The molecular formula is C20H21N5O3. The molecule has 1 aliphatic heterocycles. The second-order valence-corrected chi connectivity index (χ2v) is 7.26. The predicted molar refractivity (Wildman–Crippen MR) is 102 cm³/mol. The Morgan fingerprint density at radius 2 is 2.04 bits per heavy atom. The first kappa shape index (κ1) is 18.1. The Labute approximate surface area is 161 Å². The lowest BCUT2D eigenvalue weighted by molar-refractivity contribution is -0.144. The quantitative estimate of drug-likeness (QED) is 0.750. The van der Waals surface area contributed by atoms with Crippen LogP contribution in [0.3, 0.4) is 0 Å². The molecule has 8 nitrogen and oxygen atoms in total. The molecule has 0 saturated carbocycles. The van der Waals surface area contributed by atoms with Gasteiger partial charge in [0, 0.05) is 18.1 Å². The number of hydrogen-bond acceptors (Lipinski definition) is 5. The highest BCUT2D eigenvalue weighted by Gasteiger charge is 2.37. The molecule has 0 spiro atoms. The van der Waals surface area contributed by atoms with E-state index in [-0.39, 0.29) is 17.5 Å². The summed E-state index contributed by atoms with van der Waals surface area (Å²) in [5.41, 5.74) is 2.35. The van der Waals surface area contributed by atoms with Gasteiger partial charge >= 0.3 is 5.97 Å². The highest BCUT2D eigenvalue weighted by Crippen LogP contribution is 2.26. The van der Waals surface area contributed by atoms with Gasteiger partial charge in [-0.05, 0) is 49.9 Å². The van der Waals surface area contributed by atoms with E-state index in [0.717, 1.165) is 23.0 Å². The Morgan fingerprint density at radius 1 is 1.21 bits per heavy atom. The third-order valence-corrected chi connectivity index (χ3v) is 5.36. The maximum Gasteiger partial charge on any atom is 0.326 e. The minimum atomic E-state index is -0.981. The Balaban J connectivity index is 1.72. The number of likely N-dealkylation sites (tertiary alicyclic amines) is 1. The first-order valence-corrected chi connectivity index (χ1v) is 9.27. The van der Waals surface area contributed by atoms with Crippen LogP contribution in [0.15, 0.2) is 36.5 Å². The lowest BCUT2D eigenvalue weighted by atomic mass is 9.92. The highest BCUT2D eigenvalue weighted by atomic mass is 16.4. The summed E-state index contributed by atoms with van der Waals surface area (Å²) in [4.78, 5) is 30.5. The zero-order chi connectivity index (χ0) is 19.8. The van der Waals surface area contributed by atoms with Crippen molar-refractivity contribution in [3.63, 3.8) is 0 Å². The normalized spacial score (nSPS) is 19.7. The van der Waals surface area contributed by atoms with Crippen LogP contribution in [0, 0.1) is 12.8 Å². The molecular weight excluding hydrogens is 358 g/mol. The summed E-state index contributed by atoms with van der Waals surface area (Å²) >= 11 is 0. The minimum absolute atomic E-state index is 0.182. The van der Waals surface area contributed by atoms with E-state index in [1.54, 1.807) is 17.8 Å². The molecule has 0 radical (unpaired) electrons. The van der Waals surface area contributed by atoms with Gasteiger partial charge in [0.25, 0.3) is 5.91 Å². The number of aliphatic carboxylic acids is 1. The van der Waals surface area contributed by atoms with Crippen LogP contribution >= 0.6 is 0 Å². The van der Waals surface area contributed by atoms with Gasteiger partial charge < -0.3 is 10.0 Å². The summed E-state index contributed by atoms with van der Waals surface area (Å²) < 4.78 is 1.61. The largest absolute Gasteiger partial charge is 0.480 e. The van der Waals surface area contributed by atoms with Crippen LogP contribution in [0.5, 0.6) is 0 Å². The number of carboxylic acids is 1. The minimum Gasteiger partial charge on any atom is -0.480 e. The van der Waals surface area contributed by atoms with Gasteiger partial charge in [-0.1, -0.05) is 18.2 Å². The van der Waals surface area contributed by atoms with Crippen molar-refractivity contribution in [3.8, 4) is 5.69 Å². The number of amides is 1. The number of piperidine rings is 1. The van der Waals surface area contributed by atoms with Gasteiger partial charge in [0.05, 0.1) is 16.9 Å². The summed E-state index contributed by atoms with van der Waals surface area (Å²) in [7, 11) is 0. The van der Waals surface area contributed by atoms with Crippen LogP contribution in [0.1, 0.15) is 35.9 Å². The summed E-state index contributed by atoms with van der Waals surface area (Å²) in [6.07, 6.45) is 2.94. The average Bonchev–Trinajstić information content (AvgIpc) is 3.08. The van der Waals surface area contributed by atoms with Crippen LogP contribution in [0.25, 0.3) is 16.6 Å². The van der Waals surface area contributed by atoms with Crippen molar-refractivity contribution >= 4 is 22.8 Å². The Hall–Kier alpha value is -3.29. The van der Waals surface area contributed by atoms with Crippen molar-refractivity contribution in [1.29, 1.82) is 0 Å². The second-order valence-electron chi connectivity index (χ2n) is 7.26. The molecule has 28 heavy (non-hydrogen) atoms. The molecule has 1 saturated heterocycles. The van der Waals surface area contributed by atoms with Crippen molar-refractivity contribution in [1.82, 2.24) is 24.9 Å². The summed E-state index contributed by atoms with van der Waals surface area (Å²) in [6.45, 7) is 4.18. The number of carbonyl (C=O) groups excluding carboxylic acids is 1. The third-order valence-electron chi connectivity index (χ3n) is 5.36. The molecule has 8 heteroatoms. The van der Waals surface area contributed by atoms with Gasteiger partial charge in [0.1, 0.15) is 6.04 Å². The number of nitrogens with zero attached hydrogens (tertiary/aromatic N) is 5. The fourth-order valence-electron chi connectivity index (χ4n) is 3.78. The Morgan fingerprint density at radius 3 is 2.82 bits per heavy atom. The van der Waals surface area contributed by atoms with Crippen LogP contribution < -0.4 is 0 Å². The number of hydrogen-bond donors (Lipinski definition) is 1. The van der Waals surface area contributed by atoms with Gasteiger partial charge in [-0.25, -0.2) is 9.48 Å². The molecule has 2 unspecified atom stereocenters. The highest BCUT2D eigenvalue weighted by molar-refractivity contribution is 5.96. The van der Waals surface area contributed by atoms with E-state index < -0.39 is 12.0 Å². The molecule has 2 aromatic heterocycles. The Bertz CT molecular complexity index is 1060. The molecule has 0 bridgehead atoms. The smallest absolute Gasteiger partial charge is 0.326 e. The molecule has 1 aliphatic rings. The molecule has 1 fully saturated rings. The predicted octanol–water partition coefficient (Wildman–Crippen LogP) is 2.45. The molecule has 1 aromatic carbocycles. The van der Waals surface area contributed by atoms with E-state index in [1.807, 2.05) is 37.3 Å². The van der Waals surface area contributed by atoms with E-state index in [0.29, 0.717) is 18.7 Å². The van der Waals surface area contributed by atoms with Gasteiger partial charge in [-0.2, -0.15) is 0 Å². The number of benzene rings is 1. The zero-order valence-corrected chi connectivity index (χ0v) is 15.7. The third kappa shape index (κ3) is 3.00. The lowest BCUT2D eigenvalue weighted by Gasteiger charge is -2.35. The van der Waals surface area contributed by atoms with Gasteiger partial charge in [-0.15, -0.1) is 5.10 Å². The molecule has 144 valence electrons. The molecule has 3 heterocycles. The van der Waals surface area contributed by atoms with E-state index in [9.17, 15) is 14.7 Å².